The molecular weight excluding hydrogens is 298 g/mol. The van der Waals surface area contributed by atoms with Gasteiger partial charge < -0.3 is 9.84 Å². The molecular formula is C10H10ClNO6S. The highest BCUT2D eigenvalue weighted by Gasteiger charge is 2.19. The summed E-state index contributed by atoms with van der Waals surface area (Å²) >= 11 is 5.62. The normalized spacial score (nSPS) is 11.1. The van der Waals surface area contributed by atoms with E-state index in [9.17, 15) is 18.0 Å². The highest BCUT2D eigenvalue weighted by atomic mass is 35.5. The van der Waals surface area contributed by atoms with E-state index in [-0.39, 0.29) is 15.5 Å². The van der Waals surface area contributed by atoms with E-state index in [0.717, 1.165) is 25.3 Å². The number of benzene rings is 1. The molecule has 0 unspecified atom stereocenters. The fourth-order valence-electron chi connectivity index (χ4n) is 1.14. The predicted molar refractivity (Wildman–Crippen MR) is 65.6 cm³/mol. The number of ether oxygens (including phenoxy) is 1. The highest BCUT2D eigenvalue weighted by Crippen LogP contribution is 2.20. The molecule has 104 valence electrons. The molecule has 0 saturated carbocycles. The number of carboxylic acid groups (broad SMARTS) is 1. The Morgan fingerprint density at radius 2 is 2.05 bits per heavy atom. The Labute approximate surface area is 114 Å². The molecule has 0 aliphatic heterocycles. The number of hydrogen-bond donors (Lipinski definition) is 2. The third-order valence-corrected chi connectivity index (χ3v) is 3.84. The highest BCUT2D eigenvalue weighted by molar-refractivity contribution is 7.89. The van der Waals surface area contributed by atoms with Crippen molar-refractivity contribution in [3.05, 3.63) is 28.8 Å². The summed E-state index contributed by atoms with van der Waals surface area (Å²) in [5, 5.41) is 8.75. The molecule has 9 heteroatoms. The van der Waals surface area contributed by atoms with Gasteiger partial charge in [-0.15, -0.1) is 0 Å². The molecule has 0 radical (unpaired) electrons. The standard InChI is InChI=1S/C10H10ClNO6S/c1-18-9(13)5-12-19(16,17)6-2-3-8(11)7(4-6)10(14)15/h2-4,12H,5H2,1H3,(H,14,15). The zero-order chi connectivity index (χ0) is 14.6. The maximum atomic E-state index is 11.8. The van der Waals surface area contributed by atoms with E-state index in [2.05, 4.69) is 4.74 Å². The second-order valence-corrected chi connectivity index (χ2v) is 5.52. The number of hydrogen-bond acceptors (Lipinski definition) is 5. The molecule has 0 aliphatic carbocycles. The lowest BCUT2D eigenvalue weighted by atomic mass is 10.2. The van der Waals surface area contributed by atoms with Gasteiger partial charge in [0.2, 0.25) is 10.0 Å². The Hall–Kier alpha value is -1.64. The average molecular weight is 308 g/mol. The fraction of sp³-hybridized carbons (Fsp3) is 0.200. The number of halogens is 1. The number of carboxylic acids is 1. The van der Waals surface area contributed by atoms with Crippen LogP contribution in [0.1, 0.15) is 10.4 Å². The maximum Gasteiger partial charge on any atom is 0.337 e. The van der Waals surface area contributed by atoms with Crippen molar-refractivity contribution in [3.63, 3.8) is 0 Å². The van der Waals surface area contributed by atoms with Crippen LogP contribution in [-0.2, 0) is 19.6 Å². The van der Waals surface area contributed by atoms with E-state index in [0.29, 0.717) is 0 Å². The number of rotatable bonds is 5. The predicted octanol–water partition coefficient (Wildman–Crippen LogP) is 0.489. The zero-order valence-electron chi connectivity index (χ0n) is 9.71. The van der Waals surface area contributed by atoms with Crippen LogP contribution in [0.2, 0.25) is 5.02 Å². The molecule has 1 aromatic rings. The Morgan fingerprint density at radius 1 is 1.42 bits per heavy atom. The van der Waals surface area contributed by atoms with Gasteiger partial charge in [0, 0.05) is 0 Å². The summed E-state index contributed by atoms with van der Waals surface area (Å²) < 4.78 is 29.8. The molecule has 0 heterocycles. The number of carbonyl (C=O) groups excluding carboxylic acids is 1. The Balaban J connectivity index is 3.05. The minimum atomic E-state index is -4.01. The van der Waals surface area contributed by atoms with Gasteiger partial charge in [-0.1, -0.05) is 11.6 Å². The van der Waals surface area contributed by atoms with E-state index in [4.69, 9.17) is 16.7 Å². The van der Waals surface area contributed by atoms with Crippen LogP contribution >= 0.6 is 11.6 Å². The number of sulfonamides is 1. The molecule has 0 spiro atoms. The van der Waals surface area contributed by atoms with Gasteiger partial charge in [-0.25, -0.2) is 13.2 Å². The van der Waals surface area contributed by atoms with Crippen LogP contribution in [0, 0.1) is 0 Å². The van der Waals surface area contributed by atoms with E-state index in [1.54, 1.807) is 0 Å². The number of esters is 1. The van der Waals surface area contributed by atoms with Crippen LogP contribution in [-0.4, -0.2) is 39.1 Å². The van der Waals surface area contributed by atoms with E-state index >= 15 is 0 Å². The van der Waals surface area contributed by atoms with Crippen molar-refractivity contribution >= 4 is 33.6 Å². The smallest absolute Gasteiger partial charge is 0.337 e. The van der Waals surface area contributed by atoms with Gasteiger partial charge in [0.1, 0.15) is 6.54 Å². The average Bonchev–Trinajstić information content (AvgIpc) is 2.35. The summed E-state index contributed by atoms with van der Waals surface area (Å²) in [6, 6.07) is 3.19. The molecule has 0 aromatic heterocycles. The van der Waals surface area contributed by atoms with Crippen LogP contribution in [0.25, 0.3) is 0 Å². The first-order chi connectivity index (χ1) is 8.77. The summed E-state index contributed by atoms with van der Waals surface area (Å²) in [6.07, 6.45) is 0. The molecule has 2 N–H and O–H groups in total. The molecule has 0 aliphatic rings. The molecule has 0 saturated heterocycles. The summed E-state index contributed by atoms with van der Waals surface area (Å²) in [5.74, 6) is -2.12. The van der Waals surface area contributed by atoms with Gasteiger partial charge in [-0.3, -0.25) is 4.79 Å². The number of nitrogens with one attached hydrogen (secondary N) is 1. The second-order valence-electron chi connectivity index (χ2n) is 3.35. The van der Waals surface area contributed by atoms with Gasteiger partial charge in [-0.2, -0.15) is 4.72 Å². The van der Waals surface area contributed by atoms with Gasteiger partial charge in [0.05, 0.1) is 22.6 Å². The zero-order valence-corrected chi connectivity index (χ0v) is 11.3. The summed E-state index contributed by atoms with van der Waals surface area (Å²) in [7, 11) is -2.90. The first-order valence-electron chi connectivity index (χ1n) is 4.87. The van der Waals surface area contributed by atoms with Crippen molar-refractivity contribution in [1.82, 2.24) is 4.72 Å². The van der Waals surface area contributed by atoms with Crippen LogP contribution in [0.4, 0.5) is 0 Å². The van der Waals surface area contributed by atoms with Crippen LogP contribution < -0.4 is 4.72 Å². The first-order valence-corrected chi connectivity index (χ1v) is 6.73. The third kappa shape index (κ3) is 3.91. The first kappa shape index (κ1) is 15.4. The van der Waals surface area contributed by atoms with Crippen molar-refractivity contribution in [2.45, 2.75) is 4.90 Å². The van der Waals surface area contributed by atoms with Crippen molar-refractivity contribution < 1.29 is 27.9 Å². The topological polar surface area (TPSA) is 110 Å². The summed E-state index contributed by atoms with van der Waals surface area (Å²) in [4.78, 5) is 21.4. The molecule has 0 fully saturated rings. The molecule has 1 rings (SSSR count). The van der Waals surface area contributed by atoms with Gasteiger partial charge in [0.15, 0.2) is 0 Å². The lowest BCUT2D eigenvalue weighted by Crippen LogP contribution is -2.30. The number of methoxy groups -OCH3 is 1. The molecule has 19 heavy (non-hydrogen) atoms. The maximum absolute atomic E-state index is 11.8. The van der Waals surface area contributed by atoms with E-state index in [1.165, 1.54) is 0 Å². The van der Waals surface area contributed by atoms with Gasteiger partial charge in [0.25, 0.3) is 0 Å². The largest absolute Gasteiger partial charge is 0.478 e. The van der Waals surface area contributed by atoms with E-state index < -0.39 is 28.5 Å². The third-order valence-electron chi connectivity index (χ3n) is 2.11. The van der Waals surface area contributed by atoms with Crippen LogP contribution in [0.3, 0.4) is 0 Å². The van der Waals surface area contributed by atoms with Crippen LogP contribution in [0.15, 0.2) is 23.1 Å². The quantitative estimate of drug-likeness (QED) is 0.766. The molecule has 7 nitrogen and oxygen atoms in total. The molecule has 0 atom stereocenters. The van der Waals surface area contributed by atoms with Crippen molar-refractivity contribution in [3.8, 4) is 0 Å². The summed E-state index contributed by atoms with van der Waals surface area (Å²) in [6.45, 7) is -0.552. The van der Waals surface area contributed by atoms with Crippen molar-refractivity contribution in [1.29, 1.82) is 0 Å². The van der Waals surface area contributed by atoms with Gasteiger partial charge >= 0.3 is 11.9 Å². The van der Waals surface area contributed by atoms with Gasteiger partial charge in [-0.05, 0) is 18.2 Å². The Morgan fingerprint density at radius 3 is 2.58 bits per heavy atom. The van der Waals surface area contributed by atoms with Crippen molar-refractivity contribution in [2.75, 3.05) is 13.7 Å². The monoisotopic (exact) mass is 307 g/mol. The Kier molecular flexibility index (Phi) is 4.87. The lowest BCUT2D eigenvalue weighted by Gasteiger charge is -2.07. The molecule has 1 aromatic carbocycles. The summed E-state index contributed by atoms with van der Waals surface area (Å²) in [5.41, 5.74) is -0.345. The lowest BCUT2D eigenvalue weighted by molar-refractivity contribution is -0.139. The number of carbonyl (C=O) groups is 2. The fourth-order valence-corrected chi connectivity index (χ4v) is 2.34. The second kappa shape index (κ2) is 6.00. The van der Waals surface area contributed by atoms with Crippen LogP contribution in [0.5, 0.6) is 0 Å². The minimum Gasteiger partial charge on any atom is -0.478 e. The molecule has 0 amide bonds. The Bertz CT molecular complexity index is 612. The minimum absolute atomic E-state index is 0.0839. The molecule has 0 bridgehead atoms. The van der Waals surface area contributed by atoms with Crippen molar-refractivity contribution in [2.24, 2.45) is 0 Å². The SMILES string of the molecule is COC(=O)CNS(=O)(=O)c1ccc(Cl)c(C(=O)O)c1. The van der Waals surface area contributed by atoms with E-state index in [1.807, 2.05) is 4.72 Å². The number of aromatic carboxylic acids is 1.